The molecule has 0 radical (unpaired) electrons. The van der Waals surface area contributed by atoms with E-state index in [-0.39, 0.29) is 0 Å². The van der Waals surface area contributed by atoms with Gasteiger partial charge in [0.2, 0.25) is 5.53 Å². The zero-order valence-electron chi connectivity index (χ0n) is 4.69. The van der Waals surface area contributed by atoms with Crippen molar-refractivity contribution in [2.45, 2.75) is 18.6 Å². The first kappa shape index (κ1) is 9.56. The third kappa shape index (κ3) is 2.34. The van der Waals surface area contributed by atoms with Gasteiger partial charge in [0.1, 0.15) is 6.10 Å². The Bertz CT molecular complexity index is 83.8. The molecule has 9 heavy (non-hydrogen) atoms. The van der Waals surface area contributed by atoms with Crippen molar-refractivity contribution in [3.63, 3.8) is 0 Å². The smallest absolute Gasteiger partial charge is 0.249 e. The molecule has 0 aliphatic rings. The molecule has 0 spiro atoms. The van der Waals surface area contributed by atoms with E-state index in [2.05, 4.69) is 0 Å². The maximum atomic E-state index is 8.62. The largest absolute Gasteiger partial charge is 0.387 e. The molecule has 4 nitrogen and oxygen atoms in total. The summed E-state index contributed by atoms with van der Waals surface area (Å²) in [6.07, 6.45) is -1.45. The number of aliphatic hydroxyl groups excluding tert-OH is 1. The molecule has 56 valence electrons. The second-order valence-electron chi connectivity index (χ2n) is 1.62. The molecule has 6 heteroatoms. The minimum Gasteiger partial charge on any atom is -0.387 e. The average molecular weight is 175 g/mol. The van der Waals surface area contributed by atoms with Crippen LogP contribution in [-0.2, 0) is 0 Å². The highest BCUT2D eigenvalue weighted by atomic mass is 35.7. The van der Waals surface area contributed by atoms with Crippen LogP contribution in [0.2, 0.25) is 0 Å². The molecule has 2 atom stereocenters. The molecule has 0 fully saturated rings. The van der Waals surface area contributed by atoms with Crippen LogP contribution in [-0.4, -0.2) is 31.8 Å². The summed E-state index contributed by atoms with van der Waals surface area (Å²) >= 11 is 4.92. The molecule has 0 heterocycles. The number of halogens is 1. The Labute approximate surface area is 58.3 Å². The third-order valence-corrected chi connectivity index (χ3v) is 2.50. The van der Waals surface area contributed by atoms with Gasteiger partial charge in [-0.1, -0.05) is 11.2 Å². The van der Waals surface area contributed by atoms with Crippen LogP contribution < -0.4 is 0 Å². The second kappa shape index (κ2) is 3.10. The Morgan fingerprint density at radius 2 is 1.89 bits per heavy atom. The van der Waals surface area contributed by atoms with Crippen LogP contribution in [0.1, 0.15) is 6.92 Å². The first-order chi connectivity index (χ1) is 3.89. The van der Waals surface area contributed by atoms with Gasteiger partial charge in [0.15, 0.2) is 7.50 Å². The van der Waals surface area contributed by atoms with E-state index in [4.69, 9.17) is 31.5 Å². The topological polar surface area (TPSA) is 80.9 Å². The van der Waals surface area contributed by atoms with Gasteiger partial charge in [-0.05, 0) is 6.92 Å². The van der Waals surface area contributed by atoms with Crippen LogP contribution in [0.5, 0.6) is 0 Å². The van der Waals surface area contributed by atoms with E-state index in [0.29, 0.717) is 0 Å². The Morgan fingerprint density at radius 3 is 1.89 bits per heavy atom. The molecule has 0 aromatic carbocycles. The maximum Gasteiger partial charge on any atom is 0.249 e. The maximum absolute atomic E-state index is 8.62. The number of hydrogen-bond donors (Lipinski definition) is 4. The highest BCUT2D eigenvalue weighted by Crippen LogP contribution is 2.48. The van der Waals surface area contributed by atoms with Crippen LogP contribution in [0.4, 0.5) is 0 Å². The van der Waals surface area contributed by atoms with E-state index in [1.807, 2.05) is 0 Å². The van der Waals surface area contributed by atoms with Crippen LogP contribution in [0.3, 0.4) is 0 Å². The van der Waals surface area contributed by atoms with Crippen molar-refractivity contribution in [3.8, 4) is 0 Å². The van der Waals surface area contributed by atoms with E-state index in [1.54, 1.807) is 0 Å². The van der Waals surface area contributed by atoms with Crippen LogP contribution >= 0.6 is 18.7 Å². The Morgan fingerprint density at radius 1 is 1.56 bits per heavy atom. The van der Waals surface area contributed by atoms with Gasteiger partial charge in [0.25, 0.3) is 0 Å². The van der Waals surface area contributed by atoms with E-state index < -0.39 is 19.1 Å². The lowest BCUT2D eigenvalue weighted by Gasteiger charge is -2.24. The van der Waals surface area contributed by atoms with Gasteiger partial charge in [-0.2, -0.15) is 0 Å². The summed E-state index contributed by atoms with van der Waals surface area (Å²) in [6.45, 7) is 1.12. The van der Waals surface area contributed by atoms with Gasteiger partial charge in [-0.15, -0.1) is 0 Å². The van der Waals surface area contributed by atoms with Crippen LogP contribution in [0, 0.1) is 0 Å². The molecule has 2 unspecified atom stereocenters. The van der Waals surface area contributed by atoms with Crippen LogP contribution in [0.25, 0.3) is 0 Å². The van der Waals surface area contributed by atoms with E-state index in [9.17, 15) is 0 Å². The monoisotopic (exact) mass is 174 g/mol. The average Bonchev–Trinajstić information content (AvgIpc) is 1.65. The summed E-state index contributed by atoms with van der Waals surface area (Å²) in [4.78, 5) is 8.42. The number of hydrogen-bond acceptors (Lipinski definition) is 4. The van der Waals surface area contributed by atoms with E-state index in [0.717, 1.165) is 6.92 Å². The van der Waals surface area contributed by atoms with Crippen molar-refractivity contribution in [2.75, 3.05) is 0 Å². The Balaban J connectivity index is 4.01. The Kier molecular flexibility index (Phi) is 3.29. The highest BCUT2D eigenvalue weighted by Gasteiger charge is 2.37. The lowest BCUT2D eigenvalue weighted by Crippen LogP contribution is -2.36. The molecular weight excluding hydrogens is 166 g/mol. The molecular formula is C3H8ClO4P. The highest BCUT2D eigenvalue weighted by molar-refractivity contribution is 7.80. The molecule has 0 rings (SSSR count). The van der Waals surface area contributed by atoms with Gasteiger partial charge < -0.3 is 20.2 Å². The molecule has 0 aliphatic heterocycles. The molecule has 0 bridgehead atoms. The standard InChI is InChI=1S/C3H8ClO4P/c1-2(5)3(6,7)9(4)8/h2,5-8H,1H3. The summed E-state index contributed by atoms with van der Waals surface area (Å²) in [6, 6.07) is 0. The van der Waals surface area contributed by atoms with Crippen molar-refractivity contribution >= 4 is 18.7 Å². The molecule has 0 amide bonds. The normalized spacial score (nSPS) is 19.3. The number of rotatable bonds is 2. The fourth-order valence-corrected chi connectivity index (χ4v) is 0.886. The minimum absolute atomic E-state index is 1.12. The summed E-state index contributed by atoms with van der Waals surface area (Å²) in [5, 5.41) is 25.8. The van der Waals surface area contributed by atoms with E-state index in [1.165, 1.54) is 0 Å². The van der Waals surface area contributed by atoms with Crippen molar-refractivity contribution < 1.29 is 20.2 Å². The van der Waals surface area contributed by atoms with Crippen molar-refractivity contribution in [2.24, 2.45) is 0 Å². The first-order valence-electron chi connectivity index (χ1n) is 2.16. The van der Waals surface area contributed by atoms with Gasteiger partial charge in [-0.3, -0.25) is 0 Å². The minimum atomic E-state index is -2.56. The van der Waals surface area contributed by atoms with Gasteiger partial charge >= 0.3 is 0 Å². The predicted molar refractivity (Wildman–Crippen MR) is 33.8 cm³/mol. The molecule has 0 aromatic rings. The molecule has 0 saturated carbocycles. The van der Waals surface area contributed by atoms with Gasteiger partial charge in [0, 0.05) is 0 Å². The molecule has 0 aromatic heterocycles. The summed E-state index contributed by atoms with van der Waals surface area (Å²) < 4.78 is 0. The van der Waals surface area contributed by atoms with Crippen molar-refractivity contribution in [3.05, 3.63) is 0 Å². The van der Waals surface area contributed by atoms with Gasteiger partial charge in [-0.25, -0.2) is 0 Å². The predicted octanol–water partition coefficient (Wildman–Crippen LogP) is -0.451. The number of aliphatic hydroxyl groups is 3. The second-order valence-corrected chi connectivity index (χ2v) is 3.76. The summed E-state index contributed by atoms with van der Waals surface area (Å²) in [5.41, 5.74) is -2.56. The van der Waals surface area contributed by atoms with Crippen molar-refractivity contribution in [1.82, 2.24) is 0 Å². The molecule has 4 N–H and O–H groups in total. The first-order valence-corrected chi connectivity index (χ1v) is 4.36. The molecule has 0 aliphatic carbocycles. The fraction of sp³-hybridized carbons (Fsp3) is 1.00. The lowest BCUT2D eigenvalue weighted by atomic mass is 10.4. The Hall–Kier alpha value is 0.560. The lowest BCUT2D eigenvalue weighted by molar-refractivity contribution is -0.154. The van der Waals surface area contributed by atoms with Crippen molar-refractivity contribution in [1.29, 1.82) is 0 Å². The zero-order chi connectivity index (χ0) is 7.65. The SMILES string of the molecule is CC(O)C(O)(O)P(O)Cl. The fourth-order valence-electron chi connectivity index (χ4n) is 0.154. The van der Waals surface area contributed by atoms with Crippen LogP contribution in [0.15, 0.2) is 0 Å². The third-order valence-electron chi connectivity index (χ3n) is 0.832. The van der Waals surface area contributed by atoms with Gasteiger partial charge in [0.05, 0.1) is 0 Å². The zero-order valence-corrected chi connectivity index (χ0v) is 6.34. The summed E-state index contributed by atoms with van der Waals surface area (Å²) in [7, 11) is -2.45. The quantitative estimate of drug-likeness (QED) is 0.338. The van der Waals surface area contributed by atoms with E-state index >= 15 is 0 Å². The molecule has 0 saturated heterocycles. The summed E-state index contributed by atoms with van der Waals surface area (Å²) in [5.74, 6) is 0.